The molecule has 0 aromatic rings. The van der Waals surface area contributed by atoms with Gasteiger partial charge in [-0.1, -0.05) is 0 Å². The molecule has 2 amide bonds. The number of ether oxygens (including phenoxy) is 2. The van der Waals surface area contributed by atoms with Crippen molar-refractivity contribution in [3.8, 4) is 0 Å². The van der Waals surface area contributed by atoms with Gasteiger partial charge in [0.1, 0.15) is 12.1 Å². The molecule has 2 N–H and O–H groups in total. The molecule has 0 spiro atoms. The Morgan fingerprint density at radius 2 is 1.88 bits per heavy atom. The van der Waals surface area contributed by atoms with E-state index in [2.05, 4.69) is 36.4 Å². The minimum absolute atomic E-state index is 0.0692. The minimum atomic E-state index is -0.580. The van der Waals surface area contributed by atoms with Gasteiger partial charge < -0.3 is 25.0 Å². The second-order valence-electron chi connectivity index (χ2n) is 8.47. The van der Waals surface area contributed by atoms with Crippen molar-refractivity contribution in [3.63, 3.8) is 0 Å². The molecule has 0 aromatic heterocycles. The molecule has 1 saturated carbocycles. The second kappa shape index (κ2) is 10.1. The summed E-state index contributed by atoms with van der Waals surface area (Å²) in [6.45, 7) is 10.3. The van der Waals surface area contributed by atoms with E-state index in [9.17, 15) is 9.59 Å². The van der Waals surface area contributed by atoms with Gasteiger partial charge in [-0.05, 0) is 60.9 Å². The number of carbonyl (C=O) groups is 2. The first-order valence-electron chi connectivity index (χ1n) is 9.50. The topological polar surface area (TPSA) is 79.9 Å². The maximum Gasteiger partial charge on any atom is 0.408 e. The highest BCUT2D eigenvalue weighted by atomic mass is 16.6. The first-order valence-corrected chi connectivity index (χ1v) is 9.50. The van der Waals surface area contributed by atoms with Crippen LogP contribution in [-0.4, -0.2) is 67.9 Å². The van der Waals surface area contributed by atoms with E-state index in [0.717, 1.165) is 19.3 Å². The molecule has 0 radical (unpaired) electrons. The molecule has 7 nitrogen and oxygen atoms in total. The number of hydrogen-bond acceptors (Lipinski definition) is 5. The SMILES string of the molecule is COC[C@@H]1C[C@H](N(C)C(C)C)CC[C@@H]1NC(=O)CNC(=O)OC(C)(C)C. The Kier molecular flexibility index (Phi) is 8.83. The van der Waals surface area contributed by atoms with Gasteiger partial charge in [-0.2, -0.15) is 0 Å². The summed E-state index contributed by atoms with van der Waals surface area (Å²) >= 11 is 0. The predicted octanol–water partition coefficient (Wildman–Crippen LogP) is 2.15. The number of methoxy groups -OCH3 is 1. The average Bonchev–Trinajstić information content (AvgIpc) is 2.52. The second-order valence-corrected chi connectivity index (χ2v) is 8.47. The van der Waals surface area contributed by atoms with Crippen LogP contribution in [0.15, 0.2) is 0 Å². The number of amides is 2. The van der Waals surface area contributed by atoms with E-state index in [1.54, 1.807) is 27.9 Å². The number of rotatable bonds is 7. The lowest BCUT2D eigenvalue weighted by Gasteiger charge is -2.41. The molecule has 0 heterocycles. The molecule has 0 unspecified atom stereocenters. The molecule has 152 valence electrons. The molecule has 1 aliphatic rings. The van der Waals surface area contributed by atoms with Gasteiger partial charge in [0.25, 0.3) is 0 Å². The van der Waals surface area contributed by atoms with Gasteiger partial charge in [-0.15, -0.1) is 0 Å². The zero-order chi connectivity index (χ0) is 19.9. The van der Waals surface area contributed by atoms with Crippen LogP contribution in [0.4, 0.5) is 4.79 Å². The fraction of sp³-hybridized carbons (Fsp3) is 0.895. The predicted molar refractivity (Wildman–Crippen MR) is 102 cm³/mol. The molecule has 0 bridgehead atoms. The summed E-state index contributed by atoms with van der Waals surface area (Å²) in [5.74, 6) is 0.0723. The molecular formula is C19H37N3O4. The van der Waals surface area contributed by atoms with Crippen molar-refractivity contribution in [1.29, 1.82) is 0 Å². The highest BCUT2D eigenvalue weighted by Crippen LogP contribution is 2.29. The fourth-order valence-electron chi connectivity index (χ4n) is 3.34. The maximum atomic E-state index is 12.2. The number of nitrogens with zero attached hydrogens (tertiary/aromatic N) is 1. The molecule has 3 atom stereocenters. The first-order chi connectivity index (χ1) is 12.0. The van der Waals surface area contributed by atoms with Crippen molar-refractivity contribution in [2.75, 3.05) is 27.3 Å². The van der Waals surface area contributed by atoms with Crippen LogP contribution >= 0.6 is 0 Å². The van der Waals surface area contributed by atoms with Crippen molar-refractivity contribution >= 4 is 12.0 Å². The lowest BCUT2D eigenvalue weighted by Crippen LogP contribution is -2.52. The van der Waals surface area contributed by atoms with Gasteiger partial charge in [0.15, 0.2) is 0 Å². The van der Waals surface area contributed by atoms with Crippen molar-refractivity contribution in [2.45, 2.75) is 77.6 Å². The molecule has 0 saturated heterocycles. The number of carbonyl (C=O) groups excluding carboxylic acids is 2. The molecule has 0 aliphatic heterocycles. The van der Waals surface area contributed by atoms with E-state index in [-0.39, 0.29) is 24.4 Å². The summed E-state index contributed by atoms with van der Waals surface area (Å²) in [4.78, 5) is 26.3. The van der Waals surface area contributed by atoms with Gasteiger partial charge in [0, 0.05) is 31.2 Å². The Hall–Kier alpha value is -1.34. The first kappa shape index (κ1) is 22.7. The lowest BCUT2D eigenvalue weighted by molar-refractivity contribution is -0.122. The van der Waals surface area contributed by atoms with Gasteiger partial charge >= 0.3 is 6.09 Å². The van der Waals surface area contributed by atoms with Crippen molar-refractivity contribution < 1.29 is 19.1 Å². The zero-order valence-corrected chi connectivity index (χ0v) is 17.4. The quantitative estimate of drug-likeness (QED) is 0.717. The normalized spacial score (nSPS) is 23.8. The Bertz CT molecular complexity index is 462. The summed E-state index contributed by atoms with van der Waals surface area (Å²) in [5, 5.41) is 5.56. The van der Waals surface area contributed by atoms with E-state index in [4.69, 9.17) is 9.47 Å². The van der Waals surface area contributed by atoms with Crippen LogP contribution in [0.3, 0.4) is 0 Å². The van der Waals surface area contributed by atoms with Crippen LogP contribution in [0.1, 0.15) is 53.9 Å². The van der Waals surface area contributed by atoms with E-state index in [1.807, 2.05) is 0 Å². The zero-order valence-electron chi connectivity index (χ0n) is 17.4. The molecule has 7 heteroatoms. The van der Waals surface area contributed by atoms with Crippen molar-refractivity contribution in [1.82, 2.24) is 15.5 Å². The monoisotopic (exact) mass is 371 g/mol. The Morgan fingerprint density at radius 1 is 1.23 bits per heavy atom. The molecule has 26 heavy (non-hydrogen) atoms. The van der Waals surface area contributed by atoms with Gasteiger partial charge in [0.2, 0.25) is 5.91 Å². The highest BCUT2D eigenvalue weighted by molar-refractivity contribution is 5.82. The third kappa shape index (κ3) is 7.91. The summed E-state index contributed by atoms with van der Waals surface area (Å²) in [5.41, 5.74) is -0.578. The largest absolute Gasteiger partial charge is 0.444 e. The van der Waals surface area contributed by atoms with Gasteiger partial charge in [0.05, 0.1) is 6.61 Å². The van der Waals surface area contributed by atoms with Crippen LogP contribution in [0.2, 0.25) is 0 Å². The third-order valence-electron chi connectivity index (χ3n) is 4.86. The van der Waals surface area contributed by atoms with E-state index >= 15 is 0 Å². The number of alkyl carbamates (subject to hydrolysis) is 1. The van der Waals surface area contributed by atoms with Crippen LogP contribution in [0.25, 0.3) is 0 Å². The Labute approximate surface area is 158 Å². The third-order valence-corrected chi connectivity index (χ3v) is 4.86. The number of hydrogen-bond donors (Lipinski definition) is 2. The Morgan fingerprint density at radius 3 is 2.42 bits per heavy atom. The van der Waals surface area contributed by atoms with E-state index in [0.29, 0.717) is 18.7 Å². The molecule has 1 rings (SSSR count). The van der Waals surface area contributed by atoms with E-state index < -0.39 is 11.7 Å². The summed E-state index contributed by atoms with van der Waals surface area (Å²) < 4.78 is 10.5. The summed E-state index contributed by atoms with van der Waals surface area (Å²) in [6, 6.07) is 1.07. The average molecular weight is 372 g/mol. The van der Waals surface area contributed by atoms with Crippen LogP contribution < -0.4 is 10.6 Å². The summed E-state index contributed by atoms with van der Waals surface area (Å²) in [6.07, 6.45) is 2.36. The smallest absolute Gasteiger partial charge is 0.408 e. The molecule has 0 aromatic carbocycles. The molecule has 1 aliphatic carbocycles. The molecule has 1 fully saturated rings. The minimum Gasteiger partial charge on any atom is -0.444 e. The van der Waals surface area contributed by atoms with Crippen molar-refractivity contribution in [2.24, 2.45) is 5.92 Å². The fourth-order valence-corrected chi connectivity index (χ4v) is 3.34. The Balaban J connectivity index is 2.51. The molecular weight excluding hydrogens is 334 g/mol. The van der Waals surface area contributed by atoms with Crippen LogP contribution in [0.5, 0.6) is 0 Å². The maximum absolute atomic E-state index is 12.2. The summed E-state index contributed by atoms with van der Waals surface area (Å²) in [7, 11) is 3.85. The highest BCUT2D eigenvalue weighted by Gasteiger charge is 2.33. The van der Waals surface area contributed by atoms with Crippen LogP contribution in [-0.2, 0) is 14.3 Å². The lowest BCUT2D eigenvalue weighted by atomic mass is 9.81. The van der Waals surface area contributed by atoms with Crippen LogP contribution in [0, 0.1) is 5.92 Å². The van der Waals surface area contributed by atoms with Crippen molar-refractivity contribution in [3.05, 3.63) is 0 Å². The standard InChI is InChI=1S/C19H37N3O4/c1-13(2)22(6)15-8-9-16(14(10-15)12-25-7)21-17(23)11-20-18(24)26-19(3,4)5/h13-16H,8-12H2,1-7H3,(H,20,24)(H,21,23)/t14-,15+,16-/m0/s1. The van der Waals surface area contributed by atoms with Gasteiger partial charge in [-0.3, -0.25) is 4.79 Å². The van der Waals surface area contributed by atoms with Gasteiger partial charge in [-0.25, -0.2) is 4.79 Å². The number of nitrogens with one attached hydrogen (secondary N) is 2. The van der Waals surface area contributed by atoms with E-state index in [1.165, 1.54) is 0 Å².